The third kappa shape index (κ3) is 2.62. The van der Waals surface area contributed by atoms with Gasteiger partial charge in [-0.25, -0.2) is 0 Å². The molecule has 14 heavy (non-hydrogen) atoms. The minimum Gasteiger partial charge on any atom is -0.377 e. The molecule has 1 aromatic heterocycles. The number of nitrogens with zero attached hydrogens (tertiary/aromatic N) is 1. The fraction of sp³-hybridized carbons (Fsp3) is 0.444. The van der Waals surface area contributed by atoms with Gasteiger partial charge >= 0.3 is 8.80 Å². The van der Waals surface area contributed by atoms with Crippen molar-refractivity contribution in [1.82, 2.24) is 4.98 Å². The lowest BCUT2D eigenvalue weighted by molar-refractivity contribution is 0.122. The zero-order valence-electron chi connectivity index (χ0n) is 8.69. The van der Waals surface area contributed by atoms with Gasteiger partial charge in [0.2, 0.25) is 0 Å². The fourth-order valence-electron chi connectivity index (χ4n) is 1.22. The maximum Gasteiger partial charge on any atom is 0.504 e. The van der Waals surface area contributed by atoms with Crippen LogP contribution in [0.4, 0.5) is 0 Å². The van der Waals surface area contributed by atoms with Gasteiger partial charge in [-0.2, -0.15) is 0 Å². The molecule has 1 heterocycles. The highest BCUT2D eigenvalue weighted by Crippen LogP contribution is 2.13. The molecule has 0 unspecified atom stereocenters. The summed E-state index contributed by atoms with van der Waals surface area (Å²) in [5.41, 5.74) is 1.11. The van der Waals surface area contributed by atoms with Gasteiger partial charge in [0.25, 0.3) is 0 Å². The van der Waals surface area contributed by atoms with Crippen molar-refractivity contribution < 1.29 is 13.3 Å². The van der Waals surface area contributed by atoms with Crippen LogP contribution in [0.25, 0.3) is 0 Å². The normalized spacial score (nSPS) is 11.6. The molecule has 0 saturated carbocycles. The summed E-state index contributed by atoms with van der Waals surface area (Å²) < 4.78 is 15.9. The molecule has 78 valence electrons. The SMILES string of the molecule is CO[Si](Cc1ccncc1)(OC)OC. The summed E-state index contributed by atoms with van der Waals surface area (Å²) in [5, 5.41) is 0. The van der Waals surface area contributed by atoms with E-state index in [1.54, 1.807) is 33.7 Å². The highest BCUT2D eigenvalue weighted by molar-refractivity contribution is 6.60. The molecule has 1 rings (SSSR count). The molecule has 1 aromatic rings. The molecule has 0 aliphatic heterocycles. The van der Waals surface area contributed by atoms with Gasteiger partial charge in [0.1, 0.15) is 0 Å². The van der Waals surface area contributed by atoms with Crippen molar-refractivity contribution in [2.24, 2.45) is 0 Å². The average Bonchev–Trinajstić information content (AvgIpc) is 2.28. The molecule has 0 fully saturated rings. The first-order chi connectivity index (χ1) is 6.76. The van der Waals surface area contributed by atoms with E-state index in [4.69, 9.17) is 13.3 Å². The molecule has 5 heteroatoms. The first-order valence-corrected chi connectivity index (χ1v) is 6.24. The second kappa shape index (κ2) is 5.21. The van der Waals surface area contributed by atoms with Crippen molar-refractivity contribution >= 4 is 8.80 Å². The largest absolute Gasteiger partial charge is 0.504 e. The van der Waals surface area contributed by atoms with Crippen LogP contribution in [0.5, 0.6) is 0 Å². The molecule has 0 spiro atoms. The van der Waals surface area contributed by atoms with Crippen molar-refractivity contribution in [3.05, 3.63) is 30.1 Å². The van der Waals surface area contributed by atoms with E-state index < -0.39 is 8.80 Å². The van der Waals surface area contributed by atoms with Gasteiger partial charge in [-0.1, -0.05) is 0 Å². The summed E-state index contributed by atoms with van der Waals surface area (Å²) in [6.07, 6.45) is 3.49. The van der Waals surface area contributed by atoms with E-state index in [-0.39, 0.29) is 0 Å². The third-order valence-electron chi connectivity index (χ3n) is 2.10. The van der Waals surface area contributed by atoms with Crippen LogP contribution < -0.4 is 0 Å². The van der Waals surface area contributed by atoms with Crippen LogP contribution in [0.15, 0.2) is 24.5 Å². The maximum absolute atomic E-state index is 5.31. The zero-order valence-corrected chi connectivity index (χ0v) is 9.69. The van der Waals surface area contributed by atoms with Gasteiger partial charge in [0.15, 0.2) is 0 Å². The minimum atomic E-state index is -2.49. The Morgan fingerprint density at radius 2 is 1.57 bits per heavy atom. The monoisotopic (exact) mass is 213 g/mol. The number of hydrogen-bond acceptors (Lipinski definition) is 4. The Hall–Kier alpha value is -0.753. The molecule has 0 aromatic carbocycles. The summed E-state index contributed by atoms with van der Waals surface area (Å²) in [4.78, 5) is 3.95. The van der Waals surface area contributed by atoms with Gasteiger partial charge < -0.3 is 13.3 Å². The fourth-order valence-corrected chi connectivity index (χ4v) is 2.89. The second-order valence-corrected chi connectivity index (χ2v) is 5.77. The van der Waals surface area contributed by atoms with E-state index in [1.165, 1.54) is 0 Å². The Morgan fingerprint density at radius 3 is 2.00 bits per heavy atom. The van der Waals surface area contributed by atoms with E-state index in [0.29, 0.717) is 6.04 Å². The van der Waals surface area contributed by atoms with Gasteiger partial charge in [-0.15, -0.1) is 0 Å². The first kappa shape index (κ1) is 11.3. The molecule has 0 aliphatic rings. The molecular weight excluding hydrogens is 198 g/mol. The third-order valence-corrected chi connectivity index (χ3v) is 4.81. The van der Waals surface area contributed by atoms with Gasteiger partial charge in [-0.05, 0) is 17.7 Å². The molecule has 0 radical (unpaired) electrons. The quantitative estimate of drug-likeness (QED) is 0.685. The summed E-state index contributed by atoms with van der Waals surface area (Å²) in [7, 11) is 2.35. The van der Waals surface area contributed by atoms with Gasteiger partial charge in [-0.3, -0.25) is 4.98 Å². The van der Waals surface area contributed by atoms with E-state index in [2.05, 4.69) is 4.98 Å². The highest BCUT2D eigenvalue weighted by atomic mass is 28.4. The number of rotatable bonds is 5. The Morgan fingerprint density at radius 1 is 1.07 bits per heavy atom. The molecule has 0 amide bonds. The zero-order chi connectivity index (χ0) is 10.4. The smallest absolute Gasteiger partial charge is 0.377 e. The van der Waals surface area contributed by atoms with Crippen LogP contribution in [0, 0.1) is 0 Å². The Bertz CT molecular complexity index is 256. The van der Waals surface area contributed by atoms with Crippen LogP contribution >= 0.6 is 0 Å². The van der Waals surface area contributed by atoms with Crippen LogP contribution in [0.1, 0.15) is 5.56 Å². The van der Waals surface area contributed by atoms with E-state index in [9.17, 15) is 0 Å². The lowest BCUT2D eigenvalue weighted by Gasteiger charge is -2.24. The molecule has 0 atom stereocenters. The van der Waals surface area contributed by atoms with E-state index in [1.807, 2.05) is 12.1 Å². The van der Waals surface area contributed by atoms with Crippen LogP contribution in [-0.4, -0.2) is 35.1 Å². The minimum absolute atomic E-state index is 0.666. The van der Waals surface area contributed by atoms with Crippen molar-refractivity contribution in [2.75, 3.05) is 21.3 Å². The maximum atomic E-state index is 5.31. The lowest BCUT2D eigenvalue weighted by atomic mass is 10.3. The van der Waals surface area contributed by atoms with Crippen molar-refractivity contribution in [3.63, 3.8) is 0 Å². The molecule has 0 aliphatic carbocycles. The lowest BCUT2D eigenvalue weighted by Crippen LogP contribution is -2.45. The van der Waals surface area contributed by atoms with Crippen molar-refractivity contribution in [1.29, 1.82) is 0 Å². The van der Waals surface area contributed by atoms with Gasteiger partial charge in [0, 0.05) is 39.8 Å². The molecule has 0 bridgehead atoms. The Labute approximate surface area is 85.2 Å². The predicted molar refractivity (Wildman–Crippen MR) is 54.7 cm³/mol. The van der Waals surface area contributed by atoms with Crippen molar-refractivity contribution in [2.45, 2.75) is 6.04 Å². The number of aromatic nitrogens is 1. The number of pyridine rings is 1. The van der Waals surface area contributed by atoms with Crippen LogP contribution in [0.2, 0.25) is 0 Å². The predicted octanol–water partition coefficient (Wildman–Crippen LogP) is 1.04. The Kier molecular flexibility index (Phi) is 4.21. The van der Waals surface area contributed by atoms with Gasteiger partial charge in [0.05, 0.1) is 0 Å². The first-order valence-electron chi connectivity index (χ1n) is 4.30. The Balaban J connectivity index is 2.74. The second-order valence-electron chi connectivity index (χ2n) is 2.83. The van der Waals surface area contributed by atoms with Crippen LogP contribution in [-0.2, 0) is 19.3 Å². The average molecular weight is 213 g/mol. The molecule has 4 nitrogen and oxygen atoms in total. The summed E-state index contributed by atoms with van der Waals surface area (Å²) >= 11 is 0. The summed E-state index contributed by atoms with van der Waals surface area (Å²) in [6, 6.07) is 4.52. The van der Waals surface area contributed by atoms with Crippen LogP contribution in [0.3, 0.4) is 0 Å². The van der Waals surface area contributed by atoms with Crippen molar-refractivity contribution in [3.8, 4) is 0 Å². The highest BCUT2D eigenvalue weighted by Gasteiger charge is 2.37. The molecular formula is C9H15NO3Si. The summed E-state index contributed by atoms with van der Waals surface area (Å²) in [6.45, 7) is 0. The van der Waals surface area contributed by atoms with E-state index >= 15 is 0 Å². The standard InChI is InChI=1S/C9H15NO3Si/c1-11-14(12-2,13-3)8-9-4-6-10-7-5-9/h4-7H,8H2,1-3H3. The molecule has 0 saturated heterocycles. The topological polar surface area (TPSA) is 40.6 Å². The number of hydrogen-bond donors (Lipinski definition) is 0. The molecule has 0 N–H and O–H groups in total. The van der Waals surface area contributed by atoms with E-state index in [0.717, 1.165) is 5.56 Å². The summed E-state index contributed by atoms with van der Waals surface area (Å²) in [5.74, 6) is 0.